The molecule has 3 saturated heterocycles. The highest BCUT2D eigenvalue weighted by Gasteiger charge is 2.48. The van der Waals surface area contributed by atoms with Crippen LogP contribution in [0.3, 0.4) is 0 Å². The van der Waals surface area contributed by atoms with Crippen LogP contribution in [-0.2, 0) is 41.6 Å². The van der Waals surface area contributed by atoms with E-state index in [1.54, 1.807) is 37.7 Å². The van der Waals surface area contributed by atoms with Gasteiger partial charge in [-0.25, -0.2) is 0 Å². The Hall–Kier alpha value is -4.94. The van der Waals surface area contributed by atoms with Crippen LogP contribution in [0.1, 0.15) is 128 Å². The summed E-state index contributed by atoms with van der Waals surface area (Å²) < 4.78 is 0. The van der Waals surface area contributed by atoms with Crippen molar-refractivity contribution in [1.82, 2.24) is 56.8 Å². The molecule has 5 aliphatic rings. The molecule has 2 aromatic rings. The van der Waals surface area contributed by atoms with Crippen LogP contribution < -0.4 is 37.2 Å². The molecule has 10 atom stereocenters. The second-order valence-corrected chi connectivity index (χ2v) is 22.8. The van der Waals surface area contributed by atoms with Gasteiger partial charge in [0.25, 0.3) is 0 Å². The Morgan fingerprint density at radius 2 is 0.944 bits per heavy atom. The average Bonchev–Trinajstić information content (AvgIpc) is 3.86. The second-order valence-electron chi connectivity index (χ2n) is 22.8. The summed E-state index contributed by atoms with van der Waals surface area (Å²) in [5.74, 6) is -1.58. The number of aryl methyl sites for hydroxylation is 2. The third kappa shape index (κ3) is 12.5. The third-order valence-corrected chi connectivity index (χ3v) is 15.8. The van der Waals surface area contributed by atoms with Crippen molar-refractivity contribution >= 4 is 35.4 Å². The quantitative estimate of drug-likeness (QED) is 0.147. The number of piperazine rings is 2. The van der Waals surface area contributed by atoms with E-state index >= 15 is 0 Å². The number of carbonyl (C=O) groups excluding carboxylic acids is 6. The fourth-order valence-corrected chi connectivity index (χ4v) is 11.2. The fraction of sp³-hybridized carbons (Fsp3) is 0.667. The molecule has 0 unspecified atom stereocenters. The molecule has 3 fully saturated rings. The van der Waals surface area contributed by atoms with E-state index in [4.69, 9.17) is 0 Å². The molecule has 0 radical (unpaired) electrons. The maximum absolute atomic E-state index is 14.8. The van der Waals surface area contributed by atoms with Crippen LogP contribution in [-0.4, -0.2) is 157 Å². The molecule has 0 bridgehead atoms. The van der Waals surface area contributed by atoms with E-state index in [0.29, 0.717) is 13.1 Å². The summed E-state index contributed by atoms with van der Waals surface area (Å²) >= 11 is 0. The molecule has 0 spiro atoms. The minimum atomic E-state index is -0.868. The first kappa shape index (κ1) is 53.8. The largest absolute Gasteiger partial charge is 0.347 e. The van der Waals surface area contributed by atoms with E-state index in [0.717, 1.165) is 62.5 Å². The molecule has 6 amide bonds. The third-order valence-electron chi connectivity index (χ3n) is 15.8. The van der Waals surface area contributed by atoms with Crippen molar-refractivity contribution in [3.63, 3.8) is 0 Å². The fourth-order valence-electron chi connectivity index (χ4n) is 11.2. The first-order valence-electron chi connectivity index (χ1n) is 26.3. The van der Waals surface area contributed by atoms with Crippen molar-refractivity contribution in [2.45, 2.75) is 167 Å². The van der Waals surface area contributed by atoms with Gasteiger partial charge in [-0.2, -0.15) is 0 Å². The summed E-state index contributed by atoms with van der Waals surface area (Å²) in [5, 5.41) is 22.6. The maximum atomic E-state index is 14.8. The lowest BCUT2D eigenvalue weighted by molar-refractivity contribution is -0.150. The van der Waals surface area contributed by atoms with Gasteiger partial charge in [-0.3, -0.25) is 43.9 Å². The zero-order valence-electron chi connectivity index (χ0n) is 44.0. The summed E-state index contributed by atoms with van der Waals surface area (Å²) in [7, 11) is 3.41. The van der Waals surface area contributed by atoms with Gasteiger partial charge in [-0.15, -0.1) is 0 Å². The lowest BCUT2D eigenvalue weighted by Gasteiger charge is -2.47. The zero-order chi connectivity index (χ0) is 51.4. The molecule has 7 rings (SSSR count). The molecule has 17 nitrogen and oxygen atoms in total. The van der Waals surface area contributed by atoms with Crippen LogP contribution in [0.25, 0.3) is 0 Å². The van der Waals surface area contributed by atoms with Crippen molar-refractivity contribution < 1.29 is 28.8 Å². The SMILES string of the molecule is CN[C@@H](C)C(=O)N[C@H](C(=O)N1CCN([C@@H]2CC[C@H](N3CCN(C(=O)[C@@H](NC(=O)[C@H](C)NC)C(C)(C)C)[C@H](C(=O)N[C@@H]4CCCc5ccccc54)C3)N2)C[C@H]1C(=O)N[C@@H]1CCCc2ccccc21)C(C)(C)C. The average molecular weight is 982 g/mol. The number of hydrogen-bond donors (Lipinski definition) is 7. The topological polar surface area (TPSA) is 200 Å². The molecule has 390 valence electrons. The van der Waals surface area contributed by atoms with E-state index in [-0.39, 0.29) is 86.0 Å². The highest BCUT2D eigenvalue weighted by atomic mass is 16.2. The van der Waals surface area contributed by atoms with Crippen LogP contribution in [0.4, 0.5) is 0 Å². The number of nitrogens with zero attached hydrogens (tertiary/aromatic N) is 4. The normalized spacial score (nSPS) is 25.9. The van der Waals surface area contributed by atoms with E-state index < -0.39 is 47.1 Å². The minimum Gasteiger partial charge on any atom is -0.347 e. The molecule has 7 N–H and O–H groups in total. The predicted octanol–water partition coefficient (Wildman–Crippen LogP) is 2.71. The Bertz CT molecular complexity index is 2090. The van der Waals surface area contributed by atoms with Crippen LogP contribution >= 0.6 is 0 Å². The Morgan fingerprint density at radius 3 is 1.31 bits per heavy atom. The van der Waals surface area contributed by atoms with Gasteiger partial charge < -0.3 is 41.7 Å². The van der Waals surface area contributed by atoms with Crippen molar-refractivity contribution in [3.05, 3.63) is 70.8 Å². The van der Waals surface area contributed by atoms with Gasteiger partial charge >= 0.3 is 0 Å². The minimum absolute atomic E-state index is 0.127. The summed E-state index contributed by atoms with van der Waals surface area (Å²) in [6.45, 7) is 17.2. The number of nitrogens with one attached hydrogen (secondary N) is 7. The van der Waals surface area contributed by atoms with Gasteiger partial charge in [-0.05, 0) is 112 Å². The number of benzene rings is 2. The summed E-state index contributed by atoms with van der Waals surface area (Å²) in [6.07, 6.45) is 6.67. The standard InChI is InChI=1S/C54H83N11O6/c1-33(55-9)47(66)60-45(53(3,4)5)51(70)64-29-27-62(31-41(64)49(68)57-39-23-15-19-35-17-11-13-21-37(35)39)43-25-26-44(59-43)63-28-30-65(52(71)46(54(6,7)8)61-48(67)34(2)56-10)42(32-63)50(69)58-40-24-16-20-36-18-12-14-22-38(36)40/h11-14,17-18,21-22,33-34,39-46,55-56,59H,15-16,19-20,23-32H2,1-10H3,(H,57,68)(H,58,69)(H,60,66)(H,61,67)/t33-,34-,39+,40+,41-,42-,43-,44+,45+,46+/m0/s1. The van der Waals surface area contributed by atoms with Gasteiger partial charge in [0, 0.05) is 39.3 Å². The molecule has 3 aliphatic heterocycles. The Morgan fingerprint density at radius 1 is 0.563 bits per heavy atom. The molecular weight excluding hydrogens is 899 g/mol. The second kappa shape index (κ2) is 22.9. The molecular formula is C54H83N11O6. The van der Waals surface area contributed by atoms with Crippen LogP contribution in [0.5, 0.6) is 0 Å². The van der Waals surface area contributed by atoms with Gasteiger partial charge in [0.1, 0.15) is 24.2 Å². The van der Waals surface area contributed by atoms with Crippen LogP contribution in [0.15, 0.2) is 48.5 Å². The van der Waals surface area contributed by atoms with Crippen molar-refractivity contribution in [2.75, 3.05) is 53.4 Å². The number of hydrogen-bond acceptors (Lipinski definition) is 11. The summed E-state index contributed by atoms with van der Waals surface area (Å²) in [4.78, 5) is 93.6. The molecule has 71 heavy (non-hydrogen) atoms. The van der Waals surface area contributed by atoms with Gasteiger partial charge in [0.15, 0.2) is 0 Å². The van der Waals surface area contributed by atoms with E-state index in [9.17, 15) is 28.8 Å². The molecule has 2 aliphatic carbocycles. The van der Waals surface area contributed by atoms with Gasteiger partial charge in [-0.1, -0.05) is 90.1 Å². The Balaban J connectivity index is 1.11. The molecule has 0 saturated carbocycles. The first-order chi connectivity index (χ1) is 33.7. The zero-order valence-corrected chi connectivity index (χ0v) is 44.0. The molecule has 17 heteroatoms. The molecule has 2 aromatic carbocycles. The lowest BCUT2D eigenvalue weighted by atomic mass is 9.85. The highest BCUT2D eigenvalue weighted by molar-refractivity contribution is 5.95. The Kier molecular flexibility index (Phi) is 17.3. The van der Waals surface area contributed by atoms with Gasteiger partial charge in [0.2, 0.25) is 35.4 Å². The smallest absolute Gasteiger partial charge is 0.246 e. The monoisotopic (exact) mass is 982 g/mol. The van der Waals surface area contributed by atoms with Crippen LogP contribution in [0, 0.1) is 10.8 Å². The molecule has 0 aromatic heterocycles. The maximum Gasteiger partial charge on any atom is 0.246 e. The number of fused-ring (bicyclic) bond motifs is 2. The van der Waals surface area contributed by atoms with E-state index in [2.05, 4.69) is 71.3 Å². The van der Waals surface area contributed by atoms with Crippen molar-refractivity contribution in [1.29, 1.82) is 0 Å². The number of amides is 6. The number of rotatable bonds is 14. The Labute approximate surface area is 422 Å². The van der Waals surface area contributed by atoms with Gasteiger partial charge in [0.05, 0.1) is 36.5 Å². The van der Waals surface area contributed by atoms with E-state index in [1.165, 1.54) is 11.1 Å². The lowest BCUT2D eigenvalue weighted by Crippen LogP contribution is -2.68. The number of likely N-dealkylation sites (N-methyl/N-ethyl adjacent to an activating group) is 2. The van der Waals surface area contributed by atoms with Crippen molar-refractivity contribution in [2.24, 2.45) is 10.8 Å². The first-order valence-corrected chi connectivity index (χ1v) is 26.3. The van der Waals surface area contributed by atoms with Crippen LogP contribution in [0.2, 0.25) is 0 Å². The number of carbonyl (C=O) groups is 6. The highest BCUT2D eigenvalue weighted by Crippen LogP contribution is 2.33. The van der Waals surface area contributed by atoms with Crippen molar-refractivity contribution in [3.8, 4) is 0 Å². The molecule has 3 heterocycles. The van der Waals surface area contributed by atoms with E-state index in [1.807, 2.05) is 65.8 Å². The summed E-state index contributed by atoms with van der Waals surface area (Å²) in [6, 6.07) is 11.7. The summed E-state index contributed by atoms with van der Waals surface area (Å²) in [5.41, 5.74) is 3.38. The predicted molar refractivity (Wildman–Crippen MR) is 274 cm³/mol.